The van der Waals surface area contributed by atoms with E-state index >= 15 is 0 Å². The molecule has 34 heavy (non-hydrogen) atoms. The summed E-state index contributed by atoms with van der Waals surface area (Å²) in [6.45, 7) is 1.11. The van der Waals surface area contributed by atoms with Gasteiger partial charge in [-0.25, -0.2) is 8.42 Å². The third-order valence-electron chi connectivity index (χ3n) is 5.60. The molecule has 1 aliphatic heterocycles. The molecule has 2 aromatic carbocycles. The van der Waals surface area contributed by atoms with Crippen molar-refractivity contribution in [1.82, 2.24) is 14.4 Å². The number of piperidine rings is 1. The number of nitrogens with zero attached hydrogens (tertiary/aromatic N) is 3. The van der Waals surface area contributed by atoms with E-state index < -0.39 is 10.0 Å². The summed E-state index contributed by atoms with van der Waals surface area (Å²) in [6.07, 6.45) is 4.26. The minimum absolute atomic E-state index is 0.205. The molecule has 9 nitrogen and oxygen atoms in total. The molecule has 1 N–H and O–H groups in total. The number of nitrogens with one attached hydrogen (secondary N) is 1. The molecule has 1 aliphatic rings. The van der Waals surface area contributed by atoms with Gasteiger partial charge in [0, 0.05) is 29.9 Å². The molecule has 0 spiro atoms. The zero-order valence-electron chi connectivity index (χ0n) is 18.2. The van der Waals surface area contributed by atoms with Gasteiger partial charge in [0.05, 0.1) is 11.2 Å². The van der Waals surface area contributed by atoms with Gasteiger partial charge in [0.2, 0.25) is 15.8 Å². The Kier molecular flexibility index (Phi) is 5.99. The number of carbonyl (C=O) groups excluding carboxylic acids is 1. The fraction of sp³-hybridized carbons (Fsp3) is 0.208. The molecule has 174 valence electrons. The predicted molar refractivity (Wildman–Crippen MR) is 124 cm³/mol. The minimum Gasteiger partial charge on any atom is -0.459 e. The highest BCUT2D eigenvalue weighted by atomic mass is 32.2. The Hall–Kier alpha value is -3.76. The largest absolute Gasteiger partial charge is 0.459 e. The first-order valence-corrected chi connectivity index (χ1v) is 12.3. The van der Waals surface area contributed by atoms with Gasteiger partial charge in [-0.2, -0.15) is 9.29 Å². The van der Waals surface area contributed by atoms with Crippen LogP contribution in [0.1, 0.15) is 29.8 Å². The van der Waals surface area contributed by atoms with Crippen LogP contribution in [0.5, 0.6) is 0 Å². The van der Waals surface area contributed by atoms with E-state index in [0.717, 1.165) is 19.3 Å². The summed E-state index contributed by atoms with van der Waals surface area (Å²) < 4.78 is 37.7. The van der Waals surface area contributed by atoms with Crippen molar-refractivity contribution in [2.75, 3.05) is 18.4 Å². The van der Waals surface area contributed by atoms with Crippen LogP contribution in [0.25, 0.3) is 22.8 Å². The number of rotatable bonds is 6. The number of furan rings is 1. The van der Waals surface area contributed by atoms with Gasteiger partial charge in [-0.15, -0.1) is 0 Å². The molecule has 0 aliphatic carbocycles. The van der Waals surface area contributed by atoms with E-state index in [4.69, 9.17) is 8.94 Å². The molecule has 0 atom stereocenters. The second kappa shape index (κ2) is 9.24. The summed E-state index contributed by atoms with van der Waals surface area (Å²) in [6, 6.07) is 16.7. The van der Waals surface area contributed by atoms with Crippen molar-refractivity contribution in [1.29, 1.82) is 0 Å². The molecule has 2 aromatic heterocycles. The Morgan fingerprint density at radius 3 is 2.47 bits per heavy atom. The van der Waals surface area contributed by atoms with Crippen LogP contribution in [0, 0.1) is 0 Å². The molecule has 1 fully saturated rings. The van der Waals surface area contributed by atoms with Crippen molar-refractivity contribution in [2.45, 2.75) is 24.2 Å². The van der Waals surface area contributed by atoms with Crippen molar-refractivity contribution in [3.63, 3.8) is 0 Å². The number of aromatic nitrogens is 2. The molecule has 10 heteroatoms. The maximum Gasteiger partial charge on any atom is 0.291 e. The topological polar surface area (TPSA) is 119 Å². The molecule has 5 rings (SSSR count). The summed E-state index contributed by atoms with van der Waals surface area (Å²) >= 11 is 0. The van der Waals surface area contributed by atoms with Crippen LogP contribution < -0.4 is 5.32 Å². The fourth-order valence-corrected chi connectivity index (χ4v) is 5.34. The Bertz CT molecular complexity index is 1390. The van der Waals surface area contributed by atoms with E-state index in [1.165, 1.54) is 10.6 Å². The third kappa shape index (κ3) is 4.50. The first kappa shape index (κ1) is 22.1. The minimum atomic E-state index is -3.50. The lowest BCUT2D eigenvalue weighted by molar-refractivity contribution is 0.0996. The maximum absolute atomic E-state index is 12.8. The van der Waals surface area contributed by atoms with Crippen LogP contribution in [0.15, 0.2) is 80.8 Å². The molecule has 0 bridgehead atoms. The molecular formula is C24H22N4O5S. The van der Waals surface area contributed by atoms with Crippen LogP contribution in [-0.4, -0.2) is 41.9 Å². The number of benzene rings is 2. The fourth-order valence-electron chi connectivity index (χ4n) is 3.82. The second-order valence-electron chi connectivity index (χ2n) is 7.92. The quantitative estimate of drug-likeness (QED) is 0.436. The van der Waals surface area contributed by atoms with Gasteiger partial charge in [-0.1, -0.05) is 17.6 Å². The standard InChI is InChI=1S/C24H22N4O5S/c29-23(21-8-5-15-32-21)25-19-7-4-6-18(16-19)24-26-22(27-33-24)17-9-11-20(12-10-17)34(30,31)28-13-2-1-3-14-28/h4-12,15-16H,1-3,13-14H2,(H,25,29). The van der Waals surface area contributed by atoms with Gasteiger partial charge in [0.1, 0.15) is 0 Å². The van der Waals surface area contributed by atoms with Crippen molar-refractivity contribution >= 4 is 21.6 Å². The zero-order valence-corrected chi connectivity index (χ0v) is 19.0. The summed E-state index contributed by atoms with van der Waals surface area (Å²) in [5, 5.41) is 6.78. The average Bonchev–Trinajstić information content (AvgIpc) is 3.58. The van der Waals surface area contributed by atoms with E-state index in [0.29, 0.717) is 35.7 Å². The van der Waals surface area contributed by atoms with Crippen LogP contribution in [-0.2, 0) is 10.0 Å². The molecule has 0 saturated carbocycles. The highest BCUT2D eigenvalue weighted by molar-refractivity contribution is 7.89. The molecular weight excluding hydrogens is 456 g/mol. The summed E-state index contributed by atoms with van der Waals surface area (Å²) in [7, 11) is -3.50. The molecule has 3 heterocycles. The van der Waals surface area contributed by atoms with E-state index in [1.807, 2.05) is 0 Å². The lowest BCUT2D eigenvalue weighted by Gasteiger charge is -2.25. The smallest absolute Gasteiger partial charge is 0.291 e. The molecule has 1 amide bonds. The SMILES string of the molecule is O=C(Nc1cccc(-c2nc(-c3ccc(S(=O)(=O)N4CCCCC4)cc3)no2)c1)c1ccco1. The van der Waals surface area contributed by atoms with Crippen LogP contribution in [0.3, 0.4) is 0 Å². The average molecular weight is 479 g/mol. The van der Waals surface area contributed by atoms with Crippen molar-refractivity contribution in [2.24, 2.45) is 0 Å². The first-order chi connectivity index (χ1) is 16.5. The number of amides is 1. The molecule has 4 aromatic rings. The number of sulfonamides is 1. The maximum atomic E-state index is 12.8. The van der Waals surface area contributed by atoms with Crippen molar-refractivity contribution < 1.29 is 22.2 Å². The Labute approximate surface area is 196 Å². The van der Waals surface area contributed by atoms with E-state index in [-0.39, 0.29) is 22.5 Å². The lowest BCUT2D eigenvalue weighted by Crippen LogP contribution is -2.35. The lowest BCUT2D eigenvalue weighted by atomic mass is 10.2. The van der Waals surface area contributed by atoms with Crippen LogP contribution >= 0.6 is 0 Å². The second-order valence-corrected chi connectivity index (χ2v) is 9.86. The number of hydrogen-bond donors (Lipinski definition) is 1. The third-order valence-corrected chi connectivity index (χ3v) is 7.52. The van der Waals surface area contributed by atoms with Gasteiger partial charge in [-0.05, 0) is 67.4 Å². The zero-order chi connectivity index (χ0) is 23.5. The van der Waals surface area contributed by atoms with Crippen LogP contribution in [0.4, 0.5) is 5.69 Å². The van der Waals surface area contributed by atoms with E-state index in [2.05, 4.69) is 15.5 Å². The van der Waals surface area contributed by atoms with Gasteiger partial charge in [0.25, 0.3) is 11.8 Å². The van der Waals surface area contributed by atoms with Gasteiger partial charge < -0.3 is 14.3 Å². The number of anilines is 1. The van der Waals surface area contributed by atoms with Gasteiger partial charge in [-0.3, -0.25) is 4.79 Å². The van der Waals surface area contributed by atoms with Crippen LogP contribution in [0.2, 0.25) is 0 Å². The number of carbonyl (C=O) groups is 1. The first-order valence-electron chi connectivity index (χ1n) is 10.9. The molecule has 0 unspecified atom stereocenters. The Morgan fingerprint density at radius 1 is 0.941 bits per heavy atom. The van der Waals surface area contributed by atoms with Crippen molar-refractivity contribution in [3.8, 4) is 22.8 Å². The number of hydrogen-bond acceptors (Lipinski definition) is 7. The summed E-state index contributed by atoms with van der Waals surface area (Å²) in [5.41, 5.74) is 1.81. The Balaban J connectivity index is 1.33. The highest BCUT2D eigenvalue weighted by Crippen LogP contribution is 2.27. The van der Waals surface area contributed by atoms with E-state index in [9.17, 15) is 13.2 Å². The van der Waals surface area contributed by atoms with Crippen molar-refractivity contribution in [3.05, 3.63) is 72.7 Å². The Morgan fingerprint density at radius 2 is 1.74 bits per heavy atom. The highest BCUT2D eigenvalue weighted by Gasteiger charge is 2.26. The van der Waals surface area contributed by atoms with Gasteiger partial charge in [0.15, 0.2) is 5.76 Å². The predicted octanol–water partition coefficient (Wildman–Crippen LogP) is 4.42. The monoisotopic (exact) mass is 478 g/mol. The molecule has 0 radical (unpaired) electrons. The summed E-state index contributed by atoms with van der Waals surface area (Å²) in [4.78, 5) is 16.9. The summed E-state index contributed by atoms with van der Waals surface area (Å²) in [5.74, 6) is 0.445. The normalized spacial score (nSPS) is 14.7. The van der Waals surface area contributed by atoms with Gasteiger partial charge >= 0.3 is 0 Å². The molecule has 1 saturated heterocycles. The van der Waals surface area contributed by atoms with E-state index in [1.54, 1.807) is 60.7 Å².